The largest absolute Gasteiger partial charge is 0.398 e. The van der Waals surface area contributed by atoms with Crippen LogP contribution in [0, 0.1) is 0 Å². The van der Waals surface area contributed by atoms with Gasteiger partial charge in [-0.05, 0) is 12.1 Å². The fraction of sp³-hybridized carbons (Fsp3) is 1.00. The Morgan fingerprint density at radius 2 is 0.562 bits per heavy atom. The zero-order valence-electron chi connectivity index (χ0n) is 23.0. The lowest BCUT2D eigenvalue weighted by Gasteiger charge is -2.27. The van der Waals surface area contributed by atoms with E-state index < -0.39 is 8.56 Å². The van der Waals surface area contributed by atoms with Crippen molar-refractivity contribution in [2.45, 2.75) is 174 Å². The van der Waals surface area contributed by atoms with Gasteiger partial charge < -0.3 is 8.85 Å². The molecule has 0 radical (unpaired) electrons. The van der Waals surface area contributed by atoms with E-state index in [2.05, 4.69) is 13.8 Å². The zero-order valence-corrected chi connectivity index (χ0v) is 24.0. The maximum absolute atomic E-state index is 6.00. The fourth-order valence-electron chi connectivity index (χ4n) is 4.91. The van der Waals surface area contributed by atoms with Gasteiger partial charge >= 0.3 is 8.56 Å². The van der Waals surface area contributed by atoms with Crippen molar-refractivity contribution in [2.75, 3.05) is 14.2 Å². The van der Waals surface area contributed by atoms with E-state index in [4.69, 9.17) is 8.85 Å². The van der Waals surface area contributed by atoms with Crippen LogP contribution in [0.1, 0.15) is 162 Å². The van der Waals surface area contributed by atoms with Crippen LogP contribution in [0.3, 0.4) is 0 Å². The molecule has 0 aliphatic heterocycles. The minimum absolute atomic E-state index is 1.19. The molecule has 0 saturated carbocycles. The first kappa shape index (κ1) is 32.1. The smallest absolute Gasteiger partial charge is 0.337 e. The van der Waals surface area contributed by atoms with Crippen LogP contribution in [0.15, 0.2) is 0 Å². The Balaban J connectivity index is 3.59. The van der Waals surface area contributed by atoms with Crippen LogP contribution in [-0.4, -0.2) is 22.8 Å². The summed E-state index contributed by atoms with van der Waals surface area (Å²) < 4.78 is 12.0. The van der Waals surface area contributed by atoms with Gasteiger partial charge in [0.1, 0.15) is 0 Å². The van der Waals surface area contributed by atoms with Crippen molar-refractivity contribution < 1.29 is 8.85 Å². The second-order valence-electron chi connectivity index (χ2n) is 10.2. The average Bonchev–Trinajstić information content (AvgIpc) is 2.82. The molecule has 0 spiro atoms. The second kappa shape index (κ2) is 25.8. The molecule has 0 aromatic carbocycles. The molecule has 0 heterocycles. The first-order valence-corrected chi connectivity index (χ1v) is 17.1. The maximum atomic E-state index is 6.00. The Bertz CT molecular complexity index is 344. The van der Waals surface area contributed by atoms with Gasteiger partial charge in [-0.1, -0.05) is 162 Å². The molecule has 0 saturated heterocycles. The number of unbranched alkanes of at least 4 members (excludes halogenated alkanes) is 21. The van der Waals surface area contributed by atoms with E-state index in [1.807, 2.05) is 14.2 Å². The number of hydrogen-bond donors (Lipinski definition) is 0. The molecule has 3 heteroatoms. The van der Waals surface area contributed by atoms with Crippen molar-refractivity contribution in [3.05, 3.63) is 0 Å². The van der Waals surface area contributed by atoms with Gasteiger partial charge in [0.25, 0.3) is 0 Å². The van der Waals surface area contributed by atoms with Crippen molar-refractivity contribution in [3.8, 4) is 0 Å². The lowest BCUT2D eigenvalue weighted by Crippen LogP contribution is -2.39. The highest BCUT2D eigenvalue weighted by Gasteiger charge is 2.33. The summed E-state index contributed by atoms with van der Waals surface area (Å²) in [5, 5.41) is 0. The normalized spacial score (nSPS) is 12.0. The number of rotatable bonds is 27. The monoisotopic (exact) mass is 470 g/mol. The van der Waals surface area contributed by atoms with Crippen molar-refractivity contribution in [3.63, 3.8) is 0 Å². The van der Waals surface area contributed by atoms with Crippen LogP contribution in [0.2, 0.25) is 12.1 Å². The van der Waals surface area contributed by atoms with Crippen LogP contribution in [-0.2, 0) is 8.85 Å². The van der Waals surface area contributed by atoms with E-state index in [1.54, 1.807) is 0 Å². The lowest BCUT2D eigenvalue weighted by atomic mass is 10.1. The van der Waals surface area contributed by atoms with E-state index in [9.17, 15) is 0 Å². The van der Waals surface area contributed by atoms with E-state index in [-0.39, 0.29) is 0 Å². The Morgan fingerprint density at radius 3 is 0.781 bits per heavy atom. The van der Waals surface area contributed by atoms with E-state index in [0.29, 0.717) is 0 Å². The molecule has 0 amide bonds. The molecule has 0 aliphatic carbocycles. The molecule has 194 valence electrons. The van der Waals surface area contributed by atoms with Crippen LogP contribution >= 0.6 is 0 Å². The van der Waals surface area contributed by atoms with Gasteiger partial charge in [0.2, 0.25) is 0 Å². The molecule has 0 unspecified atom stereocenters. The SMILES string of the molecule is CCCCCCCCCCCCCC[Si](CCCCCCCCCCCCC)(OC)OC. The lowest BCUT2D eigenvalue weighted by molar-refractivity contribution is 0.238. The Morgan fingerprint density at radius 1 is 0.344 bits per heavy atom. The van der Waals surface area contributed by atoms with Gasteiger partial charge in [0, 0.05) is 14.2 Å². The Labute approximate surface area is 205 Å². The van der Waals surface area contributed by atoms with E-state index in [1.165, 1.54) is 160 Å². The van der Waals surface area contributed by atoms with Crippen molar-refractivity contribution in [1.29, 1.82) is 0 Å². The summed E-state index contributed by atoms with van der Waals surface area (Å²) in [6.45, 7) is 4.59. The zero-order chi connectivity index (χ0) is 23.6. The molecule has 2 nitrogen and oxygen atoms in total. The third-order valence-electron chi connectivity index (χ3n) is 7.32. The average molecular weight is 471 g/mol. The second-order valence-corrected chi connectivity index (χ2v) is 13.9. The molecule has 0 fully saturated rings. The van der Waals surface area contributed by atoms with Gasteiger partial charge in [-0.25, -0.2) is 0 Å². The molecule has 0 aromatic rings. The van der Waals surface area contributed by atoms with Gasteiger partial charge in [-0.15, -0.1) is 0 Å². The molecule has 0 aromatic heterocycles. The summed E-state index contributed by atoms with van der Waals surface area (Å²) in [5.41, 5.74) is 0. The third-order valence-corrected chi connectivity index (χ3v) is 11.0. The summed E-state index contributed by atoms with van der Waals surface area (Å²) in [5.74, 6) is 0. The van der Waals surface area contributed by atoms with E-state index in [0.717, 1.165) is 0 Å². The van der Waals surface area contributed by atoms with Crippen LogP contribution in [0.4, 0.5) is 0 Å². The molecule has 32 heavy (non-hydrogen) atoms. The van der Waals surface area contributed by atoms with Gasteiger partial charge in [0.05, 0.1) is 0 Å². The first-order chi connectivity index (χ1) is 15.7. The summed E-state index contributed by atoms with van der Waals surface area (Å²) in [4.78, 5) is 0. The molecule has 0 N–H and O–H groups in total. The van der Waals surface area contributed by atoms with Gasteiger partial charge in [0.15, 0.2) is 0 Å². The van der Waals surface area contributed by atoms with Crippen molar-refractivity contribution in [1.82, 2.24) is 0 Å². The minimum atomic E-state index is -1.93. The topological polar surface area (TPSA) is 18.5 Å². The summed E-state index contributed by atoms with van der Waals surface area (Å²) >= 11 is 0. The van der Waals surface area contributed by atoms with Crippen molar-refractivity contribution >= 4 is 8.56 Å². The molecule has 0 aliphatic rings. The molecular weight excluding hydrogens is 408 g/mol. The summed E-state index contributed by atoms with van der Waals surface area (Å²) in [7, 11) is 1.86. The molecule has 0 rings (SSSR count). The summed E-state index contributed by atoms with van der Waals surface area (Å²) in [6.07, 6.45) is 32.4. The predicted molar refractivity (Wildman–Crippen MR) is 147 cm³/mol. The van der Waals surface area contributed by atoms with Crippen LogP contribution in [0.25, 0.3) is 0 Å². The highest BCUT2D eigenvalue weighted by molar-refractivity contribution is 6.67. The highest BCUT2D eigenvalue weighted by atomic mass is 28.4. The van der Waals surface area contributed by atoms with Crippen LogP contribution in [0.5, 0.6) is 0 Å². The van der Waals surface area contributed by atoms with Crippen molar-refractivity contribution in [2.24, 2.45) is 0 Å². The maximum Gasteiger partial charge on any atom is 0.337 e. The predicted octanol–water partition coefficient (Wildman–Crippen LogP) is 10.7. The fourth-order valence-corrected chi connectivity index (χ4v) is 7.72. The van der Waals surface area contributed by atoms with Gasteiger partial charge in [-0.3, -0.25) is 0 Å². The Hall–Kier alpha value is 0.137. The molecule has 0 bridgehead atoms. The van der Waals surface area contributed by atoms with Crippen LogP contribution < -0.4 is 0 Å². The molecule has 0 atom stereocenters. The highest BCUT2D eigenvalue weighted by Crippen LogP contribution is 2.25. The minimum Gasteiger partial charge on any atom is -0.398 e. The summed E-state index contributed by atoms with van der Waals surface area (Å²) in [6, 6.07) is 2.38. The first-order valence-electron chi connectivity index (χ1n) is 14.8. The van der Waals surface area contributed by atoms with E-state index >= 15 is 0 Å². The third kappa shape index (κ3) is 20.7. The Kier molecular flexibility index (Phi) is 25.9. The number of hydrogen-bond acceptors (Lipinski definition) is 2. The molecular formula is C29H62O2Si. The quantitative estimate of drug-likeness (QED) is 0.0877. The standard InChI is InChI=1S/C29H62O2Si/c1-5-7-9-11-13-15-17-19-21-23-25-27-29-32(30-3,31-4)28-26-24-22-20-18-16-14-12-10-8-6-2/h5-29H2,1-4H3. The van der Waals surface area contributed by atoms with Gasteiger partial charge in [-0.2, -0.15) is 0 Å².